The Hall–Kier alpha value is -2.09. The molecule has 1 unspecified atom stereocenters. The third kappa shape index (κ3) is 15.5. The van der Waals surface area contributed by atoms with Gasteiger partial charge in [-0.1, -0.05) is 72.7 Å². The molecule has 410 valence electrons. The van der Waals surface area contributed by atoms with E-state index in [-0.39, 0.29) is 36.4 Å². The van der Waals surface area contributed by atoms with E-state index in [1.165, 1.54) is 5.56 Å². The van der Waals surface area contributed by atoms with Crippen molar-refractivity contribution in [2.75, 3.05) is 54.3 Å². The zero-order valence-corrected chi connectivity index (χ0v) is 47.5. The van der Waals surface area contributed by atoms with Crippen molar-refractivity contribution in [3.05, 3.63) is 47.3 Å². The van der Waals surface area contributed by atoms with Crippen molar-refractivity contribution in [1.82, 2.24) is 20.1 Å². The Bertz CT molecular complexity index is 1810. The van der Waals surface area contributed by atoms with Crippen LogP contribution in [-0.4, -0.2) is 169 Å². The SMILES string of the molecule is CC[C@H]1OC(=O)[C@H](C)[C@@H](C2C[C@@](C)(OC)[C@@H](O)[C@H](C)O2)[C@H](C)[C@@H](O[C@H]2C[C@@H](N(C)CC/C(=C/N[C@H](CF)[C@H](C)c3ccc(CSC)cc3)N(C)N)C[C@@H](C)O2)[C@](C)(O)C[C@@H](C)CN(C)[C@H](C)[C@@H](O)C1(C)C. The quantitative estimate of drug-likeness (QED) is 0.0591. The largest absolute Gasteiger partial charge is 0.461 e. The number of ether oxygens (including phenoxy) is 5. The second-order valence-corrected chi connectivity index (χ2v) is 24.0. The van der Waals surface area contributed by atoms with Gasteiger partial charge in [-0.3, -0.25) is 4.79 Å². The molecular weight excluding hydrogens is 926 g/mol. The molecule has 3 heterocycles. The highest BCUT2D eigenvalue weighted by molar-refractivity contribution is 7.97. The number of rotatable bonds is 17. The van der Waals surface area contributed by atoms with Gasteiger partial charge in [-0.2, -0.15) is 11.8 Å². The summed E-state index contributed by atoms with van der Waals surface area (Å²) >= 11 is 1.77. The van der Waals surface area contributed by atoms with Gasteiger partial charge in [0.2, 0.25) is 0 Å². The van der Waals surface area contributed by atoms with Crippen molar-refractivity contribution in [3.8, 4) is 0 Å². The van der Waals surface area contributed by atoms with Crippen molar-refractivity contribution in [2.45, 2.75) is 212 Å². The average Bonchev–Trinajstić information content (AvgIpc) is 3.31. The van der Waals surface area contributed by atoms with E-state index in [1.54, 1.807) is 30.9 Å². The number of halogens is 1. The van der Waals surface area contributed by atoms with Gasteiger partial charge in [0.15, 0.2) is 6.29 Å². The Kier molecular flexibility index (Phi) is 23.0. The maximum absolute atomic E-state index is 14.7. The van der Waals surface area contributed by atoms with Crippen LogP contribution >= 0.6 is 11.8 Å². The van der Waals surface area contributed by atoms with Crippen molar-refractivity contribution >= 4 is 17.7 Å². The van der Waals surface area contributed by atoms with Crippen LogP contribution < -0.4 is 11.2 Å². The fraction of sp³-hybridized carbons (Fsp3) is 0.836. The van der Waals surface area contributed by atoms with Gasteiger partial charge in [-0.05, 0) is 97.2 Å². The van der Waals surface area contributed by atoms with E-state index >= 15 is 0 Å². The first kappa shape index (κ1) is 61.5. The van der Waals surface area contributed by atoms with Gasteiger partial charge in [-0.15, -0.1) is 0 Å². The van der Waals surface area contributed by atoms with Crippen LogP contribution in [0.4, 0.5) is 4.39 Å². The smallest absolute Gasteiger partial charge is 0.309 e. The van der Waals surface area contributed by atoms with E-state index in [9.17, 15) is 24.5 Å². The Labute approximate surface area is 432 Å². The molecule has 0 radical (unpaired) electrons. The number of benzene rings is 1. The van der Waals surface area contributed by atoms with Crippen molar-refractivity contribution in [3.63, 3.8) is 0 Å². The molecule has 3 aliphatic rings. The standard InChI is InChI=1S/C55H98FN5O9S/c1-18-46-53(9,10)49(62)38(7)60(14)31-33(2)27-54(11,65)51(36(5)48(37(6)52(64)69-46)45-28-55(12,66-16)50(63)39(8)68-45)70-47-26-43(25-34(3)67-47)59(13)24-23-42(61(15)57)30-58-44(29-56)35(4)41-21-19-40(20-22-41)32-71-17/h19-22,30,33-39,43-51,58,62-63,65H,18,23-29,31-32,57H2,1-17H3/b42-30-/t33-,34-,35-,36+,37-,38-,39+,43+,44-,45?,46-,47+,48+,49-,50+,51-,54-,55-/m1/s1. The van der Waals surface area contributed by atoms with Crippen LogP contribution in [0.15, 0.2) is 36.2 Å². The van der Waals surface area contributed by atoms with Gasteiger partial charge in [0, 0.05) is 93.5 Å². The molecule has 3 aliphatic heterocycles. The van der Waals surface area contributed by atoms with Gasteiger partial charge in [0.05, 0.1) is 53.7 Å². The molecule has 0 saturated carbocycles. The number of hydrazine groups is 1. The molecule has 0 amide bonds. The molecule has 0 aliphatic carbocycles. The Morgan fingerprint density at radius 1 is 1.04 bits per heavy atom. The summed E-state index contributed by atoms with van der Waals surface area (Å²) in [6.07, 6.45) is 1.62. The normalized spacial score (nSPS) is 38.2. The molecule has 4 rings (SSSR count). The minimum atomic E-state index is -1.43. The second kappa shape index (κ2) is 26.6. The number of cyclic esters (lactones) is 1. The summed E-state index contributed by atoms with van der Waals surface area (Å²) in [5.41, 5.74) is -0.0574. The monoisotopic (exact) mass is 1020 g/mol. The Morgan fingerprint density at radius 3 is 2.27 bits per heavy atom. The Morgan fingerprint density at radius 2 is 1.69 bits per heavy atom. The van der Waals surface area contributed by atoms with Crippen LogP contribution in [-0.2, 0) is 34.2 Å². The Balaban J connectivity index is 1.66. The lowest BCUT2D eigenvalue weighted by Gasteiger charge is -2.51. The highest BCUT2D eigenvalue weighted by Gasteiger charge is 2.54. The molecular formula is C55H98FN5O9S. The van der Waals surface area contributed by atoms with Crippen molar-refractivity contribution in [2.24, 2.45) is 34.9 Å². The van der Waals surface area contributed by atoms with Crippen molar-refractivity contribution in [1.29, 1.82) is 0 Å². The van der Waals surface area contributed by atoms with E-state index in [0.717, 1.165) is 23.4 Å². The van der Waals surface area contributed by atoms with Crippen LogP contribution in [0.3, 0.4) is 0 Å². The first-order valence-corrected chi connectivity index (χ1v) is 27.8. The summed E-state index contributed by atoms with van der Waals surface area (Å²) in [4.78, 5) is 19.2. The molecule has 3 fully saturated rings. The lowest BCUT2D eigenvalue weighted by Crippen LogP contribution is -2.60. The number of carbonyl (C=O) groups is 1. The summed E-state index contributed by atoms with van der Waals surface area (Å²) in [6, 6.07) is 7.74. The number of likely N-dealkylation sites (N-methyl/N-ethyl adjacent to an activating group) is 1. The molecule has 0 bridgehead atoms. The van der Waals surface area contributed by atoms with E-state index in [1.807, 2.05) is 89.4 Å². The topological polar surface area (TPSA) is 172 Å². The molecule has 18 atom stereocenters. The van der Waals surface area contributed by atoms with Crippen LogP contribution in [0.5, 0.6) is 0 Å². The minimum Gasteiger partial charge on any atom is -0.461 e. The number of nitrogens with two attached hydrogens (primary N) is 1. The fourth-order valence-electron chi connectivity index (χ4n) is 12.1. The van der Waals surface area contributed by atoms with Gasteiger partial charge < -0.3 is 59.1 Å². The third-order valence-corrected chi connectivity index (χ3v) is 17.6. The fourth-order valence-corrected chi connectivity index (χ4v) is 12.6. The summed E-state index contributed by atoms with van der Waals surface area (Å²) in [5.74, 6) is 4.95. The number of aliphatic hydroxyl groups excluding tert-OH is 2. The number of thioether (sulfide) groups is 1. The number of hydrogen-bond acceptors (Lipinski definition) is 15. The highest BCUT2D eigenvalue weighted by Crippen LogP contribution is 2.45. The molecule has 3 saturated heterocycles. The predicted octanol–water partition coefficient (Wildman–Crippen LogP) is 7.48. The van der Waals surface area contributed by atoms with E-state index in [2.05, 4.69) is 59.6 Å². The number of nitrogens with one attached hydrogen (secondary N) is 1. The van der Waals surface area contributed by atoms with Crippen LogP contribution in [0.1, 0.15) is 139 Å². The average molecular weight is 1020 g/mol. The molecule has 14 nitrogen and oxygen atoms in total. The van der Waals surface area contributed by atoms with Crippen LogP contribution in [0, 0.1) is 29.1 Å². The number of nitrogens with zero attached hydrogens (tertiary/aromatic N) is 3. The number of esters is 1. The van der Waals surface area contributed by atoms with E-state index in [0.29, 0.717) is 38.8 Å². The van der Waals surface area contributed by atoms with Gasteiger partial charge >= 0.3 is 5.97 Å². The minimum absolute atomic E-state index is 0.0351. The summed E-state index contributed by atoms with van der Waals surface area (Å²) in [5, 5.41) is 41.2. The molecule has 1 aromatic carbocycles. The lowest BCUT2D eigenvalue weighted by molar-refractivity contribution is -0.275. The maximum atomic E-state index is 14.7. The second-order valence-electron chi connectivity index (χ2n) is 23.1. The number of carbonyl (C=O) groups excluding carboxylic acids is 1. The number of aliphatic hydroxyl groups is 3. The summed E-state index contributed by atoms with van der Waals surface area (Å²) in [7, 11) is 7.45. The molecule has 0 aromatic heterocycles. The molecule has 16 heteroatoms. The molecule has 71 heavy (non-hydrogen) atoms. The van der Waals surface area contributed by atoms with Gasteiger partial charge in [0.1, 0.15) is 18.9 Å². The zero-order valence-electron chi connectivity index (χ0n) is 46.7. The maximum Gasteiger partial charge on any atom is 0.309 e. The highest BCUT2D eigenvalue weighted by atomic mass is 32.2. The predicted molar refractivity (Wildman–Crippen MR) is 283 cm³/mol. The molecule has 6 N–H and O–H groups in total. The van der Waals surface area contributed by atoms with E-state index in [4.69, 9.17) is 29.5 Å². The first-order chi connectivity index (χ1) is 33.1. The first-order valence-electron chi connectivity index (χ1n) is 26.4. The van der Waals surface area contributed by atoms with Crippen LogP contribution in [0.2, 0.25) is 0 Å². The third-order valence-electron chi connectivity index (χ3n) is 16.9. The molecule has 1 aromatic rings. The van der Waals surface area contributed by atoms with Crippen LogP contribution in [0.25, 0.3) is 0 Å². The number of hydrogen-bond donors (Lipinski definition) is 5. The number of alkyl halides is 1. The zero-order chi connectivity index (χ0) is 53.3. The summed E-state index contributed by atoms with van der Waals surface area (Å²) in [6.45, 7) is 24.2. The summed E-state index contributed by atoms with van der Waals surface area (Å²) < 4.78 is 47.6. The van der Waals surface area contributed by atoms with Gasteiger partial charge in [-0.25, -0.2) is 10.2 Å². The van der Waals surface area contributed by atoms with E-state index < -0.39 is 96.0 Å². The van der Waals surface area contributed by atoms with Crippen molar-refractivity contribution < 1.29 is 48.2 Å². The molecule has 0 spiro atoms. The van der Waals surface area contributed by atoms with Gasteiger partial charge in [0.25, 0.3) is 0 Å². The number of methoxy groups -OCH3 is 1. The lowest BCUT2D eigenvalue weighted by atomic mass is 9.68.